The van der Waals surface area contributed by atoms with Gasteiger partial charge in [-0.1, -0.05) is 44.2 Å². The summed E-state index contributed by atoms with van der Waals surface area (Å²) in [5, 5.41) is 2.97. The Morgan fingerprint density at radius 2 is 1.61 bits per heavy atom. The maximum atomic E-state index is 12.8. The average Bonchev–Trinajstić information content (AvgIpc) is 2.54. The van der Waals surface area contributed by atoms with Crippen LogP contribution in [0.15, 0.2) is 30.3 Å². The van der Waals surface area contributed by atoms with Gasteiger partial charge in [0.05, 0.1) is 6.04 Å². The van der Waals surface area contributed by atoms with Crippen LogP contribution in [0.1, 0.15) is 59.1 Å². The van der Waals surface area contributed by atoms with Crippen LogP contribution in [-0.2, 0) is 9.59 Å². The van der Waals surface area contributed by atoms with Crippen molar-refractivity contribution in [3.8, 4) is 0 Å². The molecule has 1 rings (SSSR count). The summed E-state index contributed by atoms with van der Waals surface area (Å²) in [4.78, 5) is 27.2. The molecule has 0 fully saturated rings. The summed E-state index contributed by atoms with van der Waals surface area (Å²) >= 11 is 0. The summed E-state index contributed by atoms with van der Waals surface area (Å²) < 4.78 is 0. The number of nitrogens with one attached hydrogen (secondary N) is 1. The molecule has 0 aliphatic carbocycles. The first-order valence-electron chi connectivity index (χ1n) is 8.49. The van der Waals surface area contributed by atoms with Gasteiger partial charge in [-0.2, -0.15) is 0 Å². The van der Waals surface area contributed by atoms with E-state index in [2.05, 4.69) is 5.32 Å². The van der Waals surface area contributed by atoms with Crippen LogP contribution in [0.5, 0.6) is 0 Å². The lowest BCUT2D eigenvalue weighted by Crippen LogP contribution is -2.50. The maximum Gasteiger partial charge on any atom is 0.237 e. The van der Waals surface area contributed by atoms with Crippen molar-refractivity contribution >= 4 is 11.8 Å². The molecule has 128 valence electrons. The van der Waals surface area contributed by atoms with Crippen molar-refractivity contribution in [2.75, 3.05) is 13.1 Å². The second kappa shape index (κ2) is 8.70. The first-order chi connectivity index (χ1) is 10.8. The van der Waals surface area contributed by atoms with E-state index in [9.17, 15) is 9.59 Å². The first-order valence-corrected chi connectivity index (χ1v) is 8.49. The van der Waals surface area contributed by atoms with Crippen LogP contribution >= 0.6 is 0 Å². The van der Waals surface area contributed by atoms with Crippen LogP contribution in [0.2, 0.25) is 0 Å². The van der Waals surface area contributed by atoms with Crippen LogP contribution in [-0.4, -0.2) is 29.8 Å². The highest BCUT2D eigenvalue weighted by molar-refractivity contribution is 6.04. The number of amides is 2. The minimum atomic E-state index is -1.06. The molecule has 0 bridgehead atoms. The van der Waals surface area contributed by atoms with Gasteiger partial charge >= 0.3 is 0 Å². The molecule has 1 atom stereocenters. The minimum Gasteiger partial charge on any atom is -0.349 e. The van der Waals surface area contributed by atoms with Gasteiger partial charge in [-0.05, 0) is 39.2 Å². The van der Waals surface area contributed by atoms with Crippen molar-refractivity contribution < 1.29 is 9.59 Å². The minimum absolute atomic E-state index is 0.0982. The van der Waals surface area contributed by atoms with Crippen LogP contribution in [0.4, 0.5) is 0 Å². The van der Waals surface area contributed by atoms with Crippen LogP contribution in [0.3, 0.4) is 0 Å². The van der Waals surface area contributed by atoms with Gasteiger partial charge in [0, 0.05) is 13.1 Å². The SMILES string of the molecule is CCCN(CCC)C(=O)C(C)(C)C(=O)NC(C)c1ccccc1. The zero-order valence-electron chi connectivity index (χ0n) is 15.1. The van der Waals surface area contributed by atoms with Crippen molar-refractivity contribution in [2.45, 2.75) is 53.5 Å². The van der Waals surface area contributed by atoms with Gasteiger partial charge in [-0.3, -0.25) is 9.59 Å². The van der Waals surface area contributed by atoms with Crippen molar-refractivity contribution in [1.82, 2.24) is 10.2 Å². The summed E-state index contributed by atoms with van der Waals surface area (Å²) in [5.41, 5.74) is -0.0315. The van der Waals surface area contributed by atoms with Gasteiger partial charge in [0.25, 0.3) is 0 Å². The molecule has 23 heavy (non-hydrogen) atoms. The fourth-order valence-corrected chi connectivity index (χ4v) is 2.55. The lowest BCUT2D eigenvalue weighted by atomic mass is 9.89. The number of hydrogen-bond donors (Lipinski definition) is 1. The molecule has 2 amide bonds. The number of carbonyl (C=O) groups excluding carboxylic acids is 2. The summed E-state index contributed by atoms with van der Waals surface area (Å²) in [5.74, 6) is -0.324. The van der Waals surface area contributed by atoms with Crippen molar-refractivity contribution in [2.24, 2.45) is 5.41 Å². The van der Waals surface area contributed by atoms with Crippen LogP contribution in [0, 0.1) is 5.41 Å². The van der Waals surface area contributed by atoms with E-state index in [0.29, 0.717) is 13.1 Å². The molecule has 4 nitrogen and oxygen atoms in total. The average molecular weight is 318 g/mol. The van der Waals surface area contributed by atoms with Gasteiger partial charge in [0.1, 0.15) is 5.41 Å². The van der Waals surface area contributed by atoms with Crippen LogP contribution in [0.25, 0.3) is 0 Å². The Kier molecular flexibility index (Phi) is 7.27. The quantitative estimate of drug-likeness (QED) is 0.745. The Labute approximate surface area is 140 Å². The normalized spacial score (nSPS) is 12.6. The van der Waals surface area contributed by atoms with E-state index in [1.54, 1.807) is 18.7 Å². The predicted molar refractivity (Wildman–Crippen MR) is 93.9 cm³/mol. The lowest BCUT2D eigenvalue weighted by Gasteiger charge is -2.31. The van der Waals surface area contributed by atoms with E-state index in [1.807, 2.05) is 51.1 Å². The third-order valence-corrected chi connectivity index (χ3v) is 4.02. The van der Waals surface area contributed by atoms with Gasteiger partial charge in [-0.25, -0.2) is 0 Å². The Balaban J connectivity index is 2.80. The molecule has 0 spiro atoms. The number of hydrogen-bond acceptors (Lipinski definition) is 2. The molecule has 1 N–H and O–H groups in total. The molecule has 0 heterocycles. The van der Waals surface area contributed by atoms with Gasteiger partial charge < -0.3 is 10.2 Å². The molecular weight excluding hydrogens is 288 g/mol. The van der Waals surface area contributed by atoms with Crippen molar-refractivity contribution in [1.29, 1.82) is 0 Å². The Hall–Kier alpha value is -1.84. The van der Waals surface area contributed by atoms with Gasteiger partial charge in [0.2, 0.25) is 11.8 Å². The highest BCUT2D eigenvalue weighted by Gasteiger charge is 2.39. The Bertz CT molecular complexity index is 505. The molecule has 1 aromatic rings. The molecular formula is C19H30N2O2. The topological polar surface area (TPSA) is 49.4 Å². The number of nitrogens with zero attached hydrogens (tertiary/aromatic N) is 1. The lowest BCUT2D eigenvalue weighted by molar-refractivity contribution is -0.148. The third-order valence-electron chi connectivity index (χ3n) is 4.02. The fourth-order valence-electron chi connectivity index (χ4n) is 2.55. The number of carbonyl (C=O) groups is 2. The highest BCUT2D eigenvalue weighted by atomic mass is 16.2. The fraction of sp³-hybridized carbons (Fsp3) is 0.579. The zero-order valence-corrected chi connectivity index (χ0v) is 15.1. The molecule has 0 saturated heterocycles. The largest absolute Gasteiger partial charge is 0.349 e. The number of benzene rings is 1. The summed E-state index contributed by atoms with van der Waals surface area (Å²) in [6.45, 7) is 10.8. The Morgan fingerprint density at radius 1 is 1.09 bits per heavy atom. The highest BCUT2D eigenvalue weighted by Crippen LogP contribution is 2.22. The van der Waals surface area contributed by atoms with E-state index >= 15 is 0 Å². The van der Waals surface area contributed by atoms with Crippen molar-refractivity contribution in [3.63, 3.8) is 0 Å². The molecule has 0 aromatic heterocycles. The number of rotatable bonds is 8. The standard InChI is InChI=1S/C19H30N2O2/c1-6-13-21(14-7-2)18(23)19(4,5)17(22)20-15(3)16-11-9-8-10-12-16/h8-12,15H,6-7,13-14H2,1-5H3,(H,20,22). The van der Waals surface area contributed by atoms with Gasteiger partial charge in [0.15, 0.2) is 0 Å². The molecule has 0 radical (unpaired) electrons. The zero-order chi connectivity index (χ0) is 17.5. The van der Waals surface area contributed by atoms with Gasteiger partial charge in [-0.15, -0.1) is 0 Å². The first kappa shape index (κ1) is 19.2. The van der Waals surface area contributed by atoms with E-state index in [0.717, 1.165) is 18.4 Å². The monoisotopic (exact) mass is 318 g/mol. The molecule has 0 aliphatic rings. The molecule has 0 aliphatic heterocycles. The predicted octanol–water partition coefficient (Wildman–Crippen LogP) is 3.54. The Morgan fingerprint density at radius 3 is 2.09 bits per heavy atom. The molecule has 1 aromatic carbocycles. The second-order valence-electron chi connectivity index (χ2n) is 6.52. The molecule has 0 saturated carbocycles. The van der Waals surface area contributed by atoms with E-state index in [-0.39, 0.29) is 17.9 Å². The van der Waals surface area contributed by atoms with E-state index in [1.165, 1.54) is 0 Å². The molecule has 1 unspecified atom stereocenters. The smallest absolute Gasteiger partial charge is 0.237 e. The third kappa shape index (κ3) is 5.08. The van der Waals surface area contributed by atoms with Crippen LogP contribution < -0.4 is 5.32 Å². The summed E-state index contributed by atoms with van der Waals surface area (Å²) in [7, 11) is 0. The molecule has 4 heteroatoms. The van der Waals surface area contributed by atoms with E-state index < -0.39 is 5.41 Å². The van der Waals surface area contributed by atoms with Crippen molar-refractivity contribution in [3.05, 3.63) is 35.9 Å². The second-order valence-corrected chi connectivity index (χ2v) is 6.52. The summed E-state index contributed by atoms with van der Waals surface area (Å²) in [6.07, 6.45) is 1.79. The summed E-state index contributed by atoms with van der Waals surface area (Å²) in [6, 6.07) is 9.65. The maximum absolute atomic E-state index is 12.8. The van der Waals surface area contributed by atoms with E-state index in [4.69, 9.17) is 0 Å².